The third-order valence-corrected chi connectivity index (χ3v) is 6.00. The van der Waals surface area contributed by atoms with Gasteiger partial charge in [0.2, 0.25) is 0 Å². The molecule has 3 heteroatoms. The molecule has 3 nitrogen and oxygen atoms in total. The Kier molecular flexibility index (Phi) is 6.05. The molecule has 0 aromatic heterocycles. The van der Waals surface area contributed by atoms with Crippen LogP contribution in [0.2, 0.25) is 0 Å². The molecule has 0 saturated carbocycles. The largest absolute Gasteiger partial charge is 0.388 e. The third kappa shape index (κ3) is 4.26. The van der Waals surface area contributed by atoms with Gasteiger partial charge in [0.1, 0.15) is 12.3 Å². The summed E-state index contributed by atoms with van der Waals surface area (Å²) >= 11 is 0. The molecule has 1 aliphatic heterocycles. The average Bonchev–Trinajstić information content (AvgIpc) is 2.66. The van der Waals surface area contributed by atoms with Gasteiger partial charge < -0.3 is 10.2 Å². The van der Waals surface area contributed by atoms with E-state index in [1.54, 1.807) is 0 Å². The standard InChI is InChI=1S/C24H33NO2/c1-17-14-18(2)16-25(15-17)23(27)22(26)24(3,4)21-13-9-8-12-20(21)19-10-6-5-7-11-19/h5-13,17-18,22-23,26-27H,14-16H2,1-4H3. The molecule has 2 aromatic carbocycles. The minimum absolute atomic E-state index is 0.537. The Bertz CT molecular complexity index is 733. The lowest BCUT2D eigenvalue weighted by atomic mass is 9.75. The highest BCUT2D eigenvalue weighted by atomic mass is 16.3. The average molecular weight is 368 g/mol. The van der Waals surface area contributed by atoms with Crippen molar-refractivity contribution in [1.29, 1.82) is 0 Å². The van der Waals surface area contributed by atoms with E-state index in [1.807, 2.05) is 44.2 Å². The summed E-state index contributed by atoms with van der Waals surface area (Å²) in [4.78, 5) is 2.05. The molecule has 146 valence electrons. The number of nitrogens with zero attached hydrogens (tertiary/aromatic N) is 1. The van der Waals surface area contributed by atoms with E-state index in [9.17, 15) is 10.2 Å². The SMILES string of the molecule is CC1CC(C)CN(C(O)C(O)C(C)(C)c2ccccc2-c2ccccc2)C1. The van der Waals surface area contributed by atoms with Crippen LogP contribution in [0.3, 0.4) is 0 Å². The maximum Gasteiger partial charge on any atom is 0.134 e. The highest BCUT2D eigenvalue weighted by Crippen LogP contribution is 2.37. The van der Waals surface area contributed by atoms with Gasteiger partial charge in [-0.05, 0) is 34.9 Å². The number of aliphatic hydroxyl groups is 2. The Balaban J connectivity index is 1.90. The van der Waals surface area contributed by atoms with Crippen molar-refractivity contribution in [2.45, 2.75) is 51.9 Å². The highest BCUT2D eigenvalue weighted by molar-refractivity contribution is 5.68. The fourth-order valence-corrected chi connectivity index (χ4v) is 4.57. The molecule has 27 heavy (non-hydrogen) atoms. The van der Waals surface area contributed by atoms with Crippen LogP contribution in [0.25, 0.3) is 11.1 Å². The van der Waals surface area contributed by atoms with Crippen molar-refractivity contribution < 1.29 is 10.2 Å². The zero-order valence-corrected chi connectivity index (χ0v) is 17.0. The molecule has 4 unspecified atom stereocenters. The second-order valence-corrected chi connectivity index (χ2v) is 8.89. The molecule has 1 aliphatic rings. The van der Waals surface area contributed by atoms with Gasteiger partial charge in [-0.3, -0.25) is 4.90 Å². The summed E-state index contributed by atoms with van der Waals surface area (Å²) in [5.41, 5.74) is 2.70. The lowest BCUT2D eigenvalue weighted by Crippen LogP contribution is -2.55. The van der Waals surface area contributed by atoms with Gasteiger partial charge in [0.05, 0.1) is 0 Å². The molecule has 1 fully saturated rings. The lowest BCUT2D eigenvalue weighted by Gasteiger charge is -2.43. The van der Waals surface area contributed by atoms with E-state index in [0.29, 0.717) is 11.8 Å². The smallest absolute Gasteiger partial charge is 0.134 e. The fraction of sp³-hybridized carbons (Fsp3) is 0.500. The molecule has 2 N–H and O–H groups in total. The van der Waals surface area contributed by atoms with E-state index in [2.05, 4.69) is 43.0 Å². The number of benzene rings is 2. The second kappa shape index (κ2) is 8.14. The molecule has 0 aliphatic carbocycles. The zero-order valence-electron chi connectivity index (χ0n) is 17.0. The number of piperidine rings is 1. The Morgan fingerprint density at radius 2 is 1.44 bits per heavy atom. The number of aliphatic hydroxyl groups excluding tert-OH is 2. The maximum absolute atomic E-state index is 11.2. The van der Waals surface area contributed by atoms with Crippen molar-refractivity contribution >= 4 is 0 Å². The minimum atomic E-state index is -0.875. The van der Waals surface area contributed by atoms with Crippen molar-refractivity contribution in [3.05, 3.63) is 60.2 Å². The van der Waals surface area contributed by atoms with E-state index in [4.69, 9.17) is 0 Å². The maximum atomic E-state index is 11.2. The van der Waals surface area contributed by atoms with E-state index in [0.717, 1.165) is 29.8 Å². The van der Waals surface area contributed by atoms with Crippen LogP contribution < -0.4 is 0 Å². The first-order valence-electron chi connectivity index (χ1n) is 10.1. The van der Waals surface area contributed by atoms with Crippen molar-refractivity contribution in [3.63, 3.8) is 0 Å². The summed E-state index contributed by atoms with van der Waals surface area (Å²) in [5.74, 6) is 1.07. The van der Waals surface area contributed by atoms with Gasteiger partial charge >= 0.3 is 0 Å². The van der Waals surface area contributed by atoms with Crippen molar-refractivity contribution in [1.82, 2.24) is 4.90 Å². The normalized spacial score (nSPS) is 23.8. The van der Waals surface area contributed by atoms with Gasteiger partial charge in [-0.1, -0.05) is 82.3 Å². The van der Waals surface area contributed by atoms with Crippen LogP contribution >= 0.6 is 0 Å². The summed E-state index contributed by atoms with van der Waals surface area (Å²) in [5, 5.41) is 22.2. The molecule has 2 aromatic rings. The second-order valence-electron chi connectivity index (χ2n) is 8.89. The monoisotopic (exact) mass is 367 g/mol. The van der Waals surface area contributed by atoms with Crippen LogP contribution in [0.4, 0.5) is 0 Å². The summed E-state index contributed by atoms with van der Waals surface area (Å²) < 4.78 is 0. The third-order valence-electron chi connectivity index (χ3n) is 6.00. The minimum Gasteiger partial charge on any atom is -0.388 e. The van der Waals surface area contributed by atoms with Gasteiger partial charge in [0, 0.05) is 18.5 Å². The van der Waals surface area contributed by atoms with Gasteiger partial charge in [0.15, 0.2) is 0 Å². The molecule has 1 saturated heterocycles. The molecule has 1 heterocycles. The van der Waals surface area contributed by atoms with Crippen molar-refractivity contribution in [2.75, 3.05) is 13.1 Å². The van der Waals surface area contributed by atoms with E-state index in [1.165, 1.54) is 6.42 Å². The Morgan fingerprint density at radius 1 is 0.889 bits per heavy atom. The molecule has 0 radical (unpaired) electrons. The van der Waals surface area contributed by atoms with Crippen LogP contribution in [0.5, 0.6) is 0 Å². The molecule has 0 amide bonds. The zero-order chi connectivity index (χ0) is 19.6. The lowest BCUT2D eigenvalue weighted by molar-refractivity contribution is -0.124. The van der Waals surface area contributed by atoms with E-state index < -0.39 is 17.7 Å². The van der Waals surface area contributed by atoms with Crippen LogP contribution in [0.15, 0.2) is 54.6 Å². The summed E-state index contributed by atoms with van der Waals surface area (Å²) in [6, 6.07) is 18.4. The predicted molar refractivity (Wildman–Crippen MR) is 111 cm³/mol. The Labute approximate surface area is 163 Å². The first-order chi connectivity index (χ1) is 12.8. The molecular formula is C24H33NO2. The summed E-state index contributed by atoms with van der Waals surface area (Å²) in [6.07, 6.45) is -0.562. The molecular weight excluding hydrogens is 334 g/mol. The number of hydrogen-bond donors (Lipinski definition) is 2. The van der Waals surface area contributed by atoms with Gasteiger partial charge in [0.25, 0.3) is 0 Å². The number of rotatable bonds is 5. The van der Waals surface area contributed by atoms with E-state index in [-0.39, 0.29) is 0 Å². The summed E-state index contributed by atoms with van der Waals surface area (Å²) in [7, 11) is 0. The number of likely N-dealkylation sites (tertiary alicyclic amines) is 1. The molecule has 0 spiro atoms. The highest BCUT2D eigenvalue weighted by Gasteiger charge is 2.40. The van der Waals surface area contributed by atoms with E-state index >= 15 is 0 Å². The predicted octanol–water partition coefficient (Wildman–Crippen LogP) is 4.29. The molecule has 0 bridgehead atoms. The van der Waals surface area contributed by atoms with Gasteiger partial charge in [-0.25, -0.2) is 0 Å². The number of hydrogen-bond acceptors (Lipinski definition) is 3. The van der Waals surface area contributed by atoms with Crippen LogP contribution in [0.1, 0.15) is 39.7 Å². The molecule has 4 atom stereocenters. The van der Waals surface area contributed by atoms with Gasteiger partial charge in [-0.2, -0.15) is 0 Å². The van der Waals surface area contributed by atoms with Crippen LogP contribution in [-0.4, -0.2) is 40.5 Å². The first kappa shape index (κ1) is 20.1. The van der Waals surface area contributed by atoms with Crippen molar-refractivity contribution in [3.8, 4) is 11.1 Å². The van der Waals surface area contributed by atoms with Crippen molar-refractivity contribution in [2.24, 2.45) is 11.8 Å². The first-order valence-corrected chi connectivity index (χ1v) is 10.1. The topological polar surface area (TPSA) is 43.7 Å². The summed E-state index contributed by atoms with van der Waals surface area (Å²) in [6.45, 7) is 10.2. The Morgan fingerprint density at radius 3 is 2.07 bits per heavy atom. The van der Waals surface area contributed by atoms with Crippen LogP contribution in [0, 0.1) is 11.8 Å². The quantitative estimate of drug-likeness (QED) is 0.829. The molecule has 3 rings (SSSR count). The van der Waals surface area contributed by atoms with Gasteiger partial charge in [-0.15, -0.1) is 0 Å². The Hall–Kier alpha value is -1.68. The fourth-order valence-electron chi connectivity index (χ4n) is 4.57. The van der Waals surface area contributed by atoms with Crippen LogP contribution in [-0.2, 0) is 5.41 Å².